The zero-order valence-electron chi connectivity index (χ0n) is 13.7. The molecule has 1 N–H and O–H groups in total. The topological polar surface area (TPSA) is 98.0 Å². The summed E-state index contributed by atoms with van der Waals surface area (Å²) in [5.74, 6) is -0.180. The first kappa shape index (κ1) is 18.0. The molecule has 0 aliphatic rings. The van der Waals surface area contributed by atoms with Crippen molar-refractivity contribution in [3.05, 3.63) is 64.7 Å². The van der Waals surface area contributed by atoms with Gasteiger partial charge in [0.25, 0.3) is 5.69 Å². The number of anilines is 1. The largest absolute Gasteiger partial charge is 0.300 e. The minimum Gasteiger partial charge on any atom is -0.300 e. The second kappa shape index (κ2) is 8.07. The van der Waals surface area contributed by atoms with Crippen molar-refractivity contribution in [1.82, 2.24) is 10.2 Å². The summed E-state index contributed by atoms with van der Waals surface area (Å²) in [7, 11) is 0. The Bertz CT molecular complexity index is 931. The number of amides is 1. The zero-order valence-corrected chi connectivity index (χ0v) is 15.3. The Balaban J connectivity index is 1.67. The molecule has 1 aromatic heterocycles. The SMILES string of the molecule is CC(Sc1ccccc1)C(=O)Nc1nnc(-c2cccc([N+](=O)[O-])c2)s1. The van der Waals surface area contributed by atoms with Crippen LogP contribution in [-0.4, -0.2) is 26.3 Å². The van der Waals surface area contributed by atoms with E-state index >= 15 is 0 Å². The Morgan fingerprint density at radius 1 is 1.19 bits per heavy atom. The number of thioether (sulfide) groups is 1. The molecule has 0 saturated heterocycles. The molecule has 0 aliphatic heterocycles. The molecule has 1 unspecified atom stereocenters. The molecule has 0 aliphatic carbocycles. The Kier molecular flexibility index (Phi) is 5.59. The molecule has 0 bridgehead atoms. The summed E-state index contributed by atoms with van der Waals surface area (Å²) in [6.07, 6.45) is 0. The molecule has 3 rings (SSSR count). The molecule has 0 fully saturated rings. The lowest BCUT2D eigenvalue weighted by Crippen LogP contribution is -2.22. The molecule has 1 heterocycles. The number of nitrogens with one attached hydrogen (secondary N) is 1. The average Bonchev–Trinajstić information content (AvgIpc) is 3.11. The normalized spacial score (nSPS) is 11.7. The number of hydrogen-bond acceptors (Lipinski definition) is 7. The summed E-state index contributed by atoms with van der Waals surface area (Å²) in [4.78, 5) is 23.7. The summed E-state index contributed by atoms with van der Waals surface area (Å²) in [6.45, 7) is 1.81. The van der Waals surface area contributed by atoms with Crippen LogP contribution in [0.5, 0.6) is 0 Å². The molecule has 9 heteroatoms. The third-order valence-electron chi connectivity index (χ3n) is 3.38. The van der Waals surface area contributed by atoms with Gasteiger partial charge in [-0.05, 0) is 19.1 Å². The predicted molar refractivity (Wildman–Crippen MR) is 102 cm³/mol. The van der Waals surface area contributed by atoms with Gasteiger partial charge < -0.3 is 0 Å². The van der Waals surface area contributed by atoms with Crippen LogP contribution >= 0.6 is 23.1 Å². The highest BCUT2D eigenvalue weighted by Gasteiger charge is 2.17. The molecule has 2 aromatic carbocycles. The summed E-state index contributed by atoms with van der Waals surface area (Å²) >= 11 is 2.62. The fourth-order valence-electron chi connectivity index (χ4n) is 2.11. The fourth-order valence-corrected chi connectivity index (χ4v) is 3.74. The smallest absolute Gasteiger partial charge is 0.270 e. The molecule has 0 saturated carbocycles. The van der Waals surface area contributed by atoms with Crippen molar-refractivity contribution in [2.45, 2.75) is 17.1 Å². The molecule has 1 atom stereocenters. The first-order chi connectivity index (χ1) is 12.5. The number of aromatic nitrogens is 2. The van der Waals surface area contributed by atoms with Crippen LogP contribution in [0.4, 0.5) is 10.8 Å². The van der Waals surface area contributed by atoms with Crippen LogP contribution in [0.2, 0.25) is 0 Å². The number of hydrogen-bond donors (Lipinski definition) is 1. The van der Waals surface area contributed by atoms with Crippen molar-refractivity contribution in [2.24, 2.45) is 0 Å². The number of nitrogens with zero attached hydrogens (tertiary/aromatic N) is 3. The van der Waals surface area contributed by atoms with Gasteiger partial charge in [-0.15, -0.1) is 22.0 Å². The fraction of sp³-hybridized carbons (Fsp3) is 0.118. The monoisotopic (exact) mass is 386 g/mol. The van der Waals surface area contributed by atoms with E-state index in [2.05, 4.69) is 15.5 Å². The highest BCUT2D eigenvalue weighted by Crippen LogP contribution is 2.29. The Hall–Kier alpha value is -2.78. The molecular formula is C17H14N4O3S2. The maximum atomic E-state index is 12.3. The molecule has 1 amide bonds. The van der Waals surface area contributed by atoms with Gasteiger partial charge in [0, 0.05) is 22.6 Å². The predicted octanol–water partition coefficient (Wildman–Crippen LogP) is 4.23. The molecule has 7 nitrogen and oxygen atoms in total. The van der Waals surface area contributed by atoms with Gasteiger partial charge in [-0.2, -0.15) is 0 Å². The van der Waals surface area contributed by atoms with Gasteiger partial charge in [0.15, 0.2) is 0 Å². The van der Waals surface area contributed by atoms with E-state index < -0.39 is 4.92 Å². The standard InChI is InChI=1S/C17H14N4O3S2/c1-11(25-14-8-3-2-4-9-14)15(22)18-17-20-19-16(26-17)12-6-5-7-13(10-12)21(23)24/h2-11H,1H3,(H,18,20,22). The zero-order chi connectivity index (χ0) is 18.5. The maximum Gasteiger partial charge on any atom is 0.270 e. The number of benzene rings is 2. The van der Waals surface area contributed by atoms with Gasteiger partial charge in [0.05, 0.1) is 10.2 Å². The number of non-ortho nitro benzene ring substituents is 1. The highest BCUT2D eigenvalue weighted by atomic mass is 32.2. The molecule has 0 spiro atoms. The minimum atomic E-state index is -0.463. The lowest BCUT2D eigenvalue weighted by Gasteiger charge is -2.09. The van der Waals surface area contributed by atoms with Crippen LogP contribution in [0.3, 0.4) is 0 Å². The van der Waals surface area contributed by atoms with E-state index in [1.165, 1.54) is 35.2 Å². The van der Waals surface area contributed by atoms with Crippen molar-refractivity contribution in [3.8, 4) is 10.6 Å². The van der Waals surface area contributed by atoms with Crippen LogP contribution in [0.15, 0.2) is 59.5 Å². The lowest BCUT2D eigenvalue weighted by atomic mass is 10.2. The van der Waals surface area contributed by atoms with Crippen molar-refractivity contribution in [1.29, 1.82) is 0 Å². The second-order valence-electron chi connectivity index (χ2n) is 5.28. The first-order valence-electron chi connectivity index (χ1n) is 7.64. The number of nitro groups is 1. The quantitative estimate of drug-likeness (QED) is 0.387. The molecule has 132 valence electrons. The van der Waals surface area contributed by atoms with Crippen molar-refractivity contribution >= 4 is 39.8 Å². The number of carbonyl (C=O) groups excluding carboxylic acids is 1. The van der Waals surface area contributed by atoms with Crippen LogP contribution in [0.25, 0.3) is 10.6 Å². The van der Waals surface area contributed by atoms with E-state index in [1.807, 2.05) is 37.3 Å². The third-order valence-corrected chi connectivity index (χ3v) is 5.38. The van der Waals surface area contributed by atoms with Crippen LogP contribution in [0.1, 0.15) is 6.92 Å². The van der Waals surface area contributed by atoms with Crippen LogP contribution in [0, 0.1) is 10.1 Å². The van der Waals surface area contributed by atoms with Crippen LogP contribution < -0.4 is 5.32 Å². The molecule has 26 heavy (non-hydrogen) atoms. The summed E-state index contributed by atoms with van der Waals surface area (Å²) in [5.41, 5.74) is 0.570. The van der Waals surface area contributed by atoms with E-state index in [0.29, 0.717) is 15.7 Å². The summed E-state index contributed by atoms with van der Waals surface area (Å²) in [6, 6.07) is 15.8. The van der Waals surface area contributed by atoms with Crippen molar-refractivity contribution < 1.29 is 9.72 Å². The van der Waals surface area contributed by atoms with E-state index in [0.717, 1.165) is 4.90 Å². The van der Waals surface area contributed by atoms with Gasteiger partial charge in [-0.25, -0.2) is 0 Å². The molecule has 0 radical (unpaired) electrons. The second-order valence-corrected chi connectivity index (χ2v) is 7.67. The van der Waals surface area contributed by atoms with E-state index in [1.54, 1.807) is 12.1 Å². The van der Waals surface area contributed by atoms with E-state index in [9.17, 15) is 14.9 Å². The Morgan fingerprint density at radius 3 is 2.69 bits per heavy atom. The third kappa shape index (κ3) is 4.44. The van der Waals surface area contributed by atoms with Crippen molar-refractivity contribution in [2.75, 3.05) is 5.32 Å². The Morgan fingerprint density at radius 2 is 1.96 bits per heavy atom. The number of rotatable bonds is 6. The summed E-state index contributed by atoms with van der Waals surface area (Å²) < 4.78 is 0. The van der Waals surface area contributed by atoms with Gasteiger partial charge >= 0.3 is 0 Å². The molecule has 3 aromatic rings. The van der Waals surface area contributed by atoms with Crippen molar-refractivity contribution in [3.63, 3.8) is 0 Å². The lowest BCUT2D eigenvalue weighted by molar-refractivity contribution is -0.384. The average molecular weight is 386 g/mol. The van der Waals surface area contributed by atoms with Crippen LogP contribution in [-0.2, 0) is 4.79 Å². The maximum absolute atomic E-state index is 12.3. The molecular weight excluding hydrogens is 372 g/mol. The number of nitro benzene ring substituents is 1. The summed E-state index contributed by atoms with van der Waals surface area (Å²) in [5, 5.41) is 22.1. The van der Waals surface area contributed by atoms with E-state index in [4.69, 9.17) is 0 Å². The van der Waals surface area contributed by atoms with Gasteiger partial charge in [0.2, 0.25) is 11.0 Å². The first-order valence-corrected chi connectivity index (χ1v) is 9.33. The van der Waals surface area contributed by atoms with Gasteiger partial charge in [-0.3, -0.25) is 20.2 Å². The highest BCUT2D eigenvalue weighted by molar-refractivity contribution is 8.00. The minimum absolute atomic E-state index is 0.0174. The number of carbonyl (C=O) groups is 1. The van der Waals surface area contributed by atoms with Gasteiger partial charge in [-0.1, -0.05) is 41.7 Å². The Labute approximate surface area is 157 Å². The van der Waals surface area contributed by atoms with Gasteiger partial charge in [0.1, 0.15) is 5.01 Å². The van der Waals surface area contributed by atoms with E-state index in [-0.39, 0.29) is 16.8 Å².